The lowest BCUT2D eigenvalue weighted by Gasteiger charge is -1.86. The third-order valence-corrected chi connectivity index (χ3v) is 0.303. The summed E-state index contributed by atoms with van der Waals surface area (Å²) in [4.78, 5) is 0. The Labute approximate surface area is 37.3 Å². The topological polar surface area (TPSA) is 35.2 Å². The van der Waals surface area contributed by atoms with Crippen LogP contribution in [0.5, 0.6) is 0 Å². The van der Waals surface area contributed by atoms with E-state index in [0.29, 0.717) is 13.2 Å². The second-order valence-electron chi connectivity index (χ2n) is 0.755. The van der Waals surface area contributed by atoms with E-state index in [1.165, 1.54) is 0 Å². The van der Waals surface area contributed by atoms with Crippen LogP contribution >= 0.6 is 0 Å². The fourth-order valence-electron chi connectivity index (χ4n) is 0.118. The van der Waals surface area contributed by atoms with Crippen molar-refractivity contribution in [1.82, 2.24) is 0 Å². The summed E-state index contributed by atoms with van der Waals surface area (Å²) in [5.41, 5.74) is 4.99. The van der Waals surface area contributed by atoms with Gasteiger partial charge in [-0.05, 0) is 0 Å². The Balaban J connectivity index is 2.54. The van der Waals surface area contributed by atoms with Crippen molar-refractivity contribution in [2.45, 2.75) is 0 Å². The molecule has 0 saturated carbocycles. The molecule has 0 spiro atoms. The van der Waals surface area contributed by atoms with Crippen molar-refractivity contribution >= 4 is 0 Å². The van der Waals surface area contributed by atoms with E-state index in [4.69, 9.17) is 5.73 Å². The average Bonchev–Trinajstić information content (AvgIpc) is 1.61. The van der Waals surface area contributed by atoms with Crippen LogP contribution in [-0.2, 0) is 4.74 Å². The van der Waals surface area contributed by atoms with Crippen LogP contribution in [-0.4, -0.2) is 13.2 Å². The van der Waals surface area contributed by atoms with Gasteiger partial charge >= 0.3 is 0 Å². The van der Waals surface area contributed by atoms with Gasteiger partial charge < -0.3 is 10.5 Å². The minimum Gasteiger partial charge on any atom is -0.445 e. The number of rotatable bonds is 2. The maximum atomic E-state index is 4.99. The quantitative estimate of drug-likeness (QED) is 0.364. The Hall–Kier alpha value is -0.680. The van der Waals surface area contributed by atoms with Crippen LogP contribution in [0.3, 0.4) is 0 Å². The Morgan fingerprint density at radius 1 is 1.83 bits per heavy atom. The third kappa shape index (κ3) is 3.32. The molecule has 0 aliphatic heterocycles. The molecule has 2 nitrogen and oxygen atoms in total. The number of nitrogens with two attached hydrogens (primary N) is 1. The van der Waals surface area contributed by atoms with E-state index < -0.39 is 0 Å². The van der Waals surface area contributed by atoms with Gasteiger partial charge in [0.25, 0.3) is 0 Å². The van der Waals surface area contributed by atoms with Crippen molar-refractivity contribution in [3.05, 3.63) is 0 Å². The minimum atomic E-state index is 0.455. The van der Waals surface area contributed by atoms with Crippen LogP contribution in [0.2, 0.25) is 0 Å². The first-order chi connectivity index (χ1) is 2.91. The van der Waals surface area contributed by atoms with E-state index in [1.807, 2.05) is 6.11 Å². The van der Waals surface area contributed by atoms with Crippen molar-refractivity contribution in [3.8, 4) is 12.5 Å². The van der Waals surface area contributed by atoms with Crippen LogP contribution in [0.15, 0.2) is 0 Å². The molecular formula is C4H7NO. The monoisotopic (exact) mass is 85.1 g/mol. The normalized spacial score (nSPS) is 6.67. The molecule has 0 fully saturated rings. The standard InChI is InChI=1S/C4H7NO/c1-2-6-4-3-5/h1H,3-5H2. The molecule has 2 N–H and O–H groups in total. The van der Waals surface area contributed by atoms with Crippen molar-refractivity contribution < 1.29 is 4.74 Å². The number of ether oxygens (including phenoxy) is 1. The predicted molar refractivity (Wildman–Crippen MR) is 23.8 cm³/mol. The lowest BCUT2D eigenvalue weighted by molar-refractivity contribution is 0.289. The molecule has 0 atom stereocenters. The van der Waals surface area contributed by atoms with Gasteiger partial charge in [0.15, 0.2) is 0 Å². The van der Waals surface area contributed by atoms with E-state index in [-0.39, 0.29) is 0 Å². The first kappa shape index (κ1) is 5.32. The number of hydrogen-bond donors (Lipinski definition) is 1. The molecular weight excluding hydrogens is 78.0 g/mol. The molecule has 0 amide bonds. The predicted octanol–water partition coefficient (Wildman–Crippen LogP) is -0.448. The van der Waals surface area contributed by atoms with Gasteiger partial charge in [-0.2, -0.15) is 0 Å². The van der Waals surface area contributed by atoms with Crippen molar-refractivity contribution in [2.24, 2.45) is 5.73 Å². The summed E-state index contributed by atoms with van der Waals surface area (Å²) < 4.78 is 4.39. The van der Waals surface area contributed by atoms with Gasteiger partial charge in [-0.15, -0.1) is 0 Å². The number of hydrogen-bond acceptors (Lipinski definition) is 2. The lowest BCUT2D eigenvalue weighted by Crippen LogP contribution is -2.05. The van der Waals surface area contributed by atoms with Crippen molar-refractivity contribution in [2.75, 3.05) is 13.2 Å². The molecule has 6 heavy (non-hydrogen) atoms. The van der Waals surface area contributed by atoms with Crippen LogP contribution in [0, 0.1) is 12.5 Å². The Morgan fingerprint density at radius 3 is 2.67 bits per heavy atom. The van der Waals surface area contributed by atoms with Crippen molar-refractivity contribution in [3.63, 3.8) is 0 Å². The summed E-state index contributed by atoms with van der Waals surface area (Å²) in [6, 6.07) is 0. The highest BCUT2D eigenvalue weighted by Gasteiger charge is 1.69. The maximum absolute atomic E-state index is 4.99. The summed E-state index contributed by atoms with van der Waals surface area (Å²) >= 11 is 0. The Kier molecular flexibility index (Phi) is 3.83. The van der Waals surface area contributed by atoms with Crippen molar-refractivity contribution in [1.29, 1.82) is 0 Å². The summed E-state index contributed by atoms with van der Waals surface area (Å²) in [6.45, 7) is 0.945. The average molecular weight is 85.1 g/mol. The first-order valence-electron chi connectivity index (χ1n) is 1.69. The molecule has 0 unspecified atom stereocenters. The highest BCUT2D eigenvalue weighted by Crippen LogP contribution is 1.59. The van der Waals surface area contributed by atoms with Gasteiger partial charge in [-0.25, -0.2) is 0 Å². The molecule has 0 aromatic rings. The molecule has 0 saturated heterocycles. The van der Waals surface area contributed by atoms with Gasteiger partial charge in [-0.1, -0.05) is 6.42 Å². The second kappa shape index (κ2) is 4.32. The van der Waals surface area contributed by atoms with Crippen LogP contribution in [0.4, 0.5) is 0 Å². The minimum absolute atomic E-state index is 0.455. The molecule has 0 bridgehead atoms. The zero-order chi connectivity index (χ0) is 4.83. The highest BCUT2D eigenvalue weighted by atomic mass is 16.5. The fraction of sp³-hybridized carbons (Fsp3) is 0.500. The molecule has 0 aromatic heterocycles. The van der Waals surface area contributed by atoms with Gasteiger partial charge in [0.05, 0.1) is 0 Å². The van der Waals surface area contributed by atoms with Gasteiger partial charge in [0, 0.05) is 6.54 Å². The van der Waals surface area contributed by atoms with Gasteiger partial charge in [0.1, 0.15) is 12.7 Å². The molecule has 0 aromatic carbocycles. The summed E-state index contributed by atoms with van der Waals surface area (Å²) in [5, 5.41) is 0. The fourth-order valence-corrected chi connectivity index (χ4v) is 0.118. The second-order valence-corrected chi connectivity index (χ2v) is 0.755. The van der Waals surface area contributed by atoms with Crippen LogP contribution < -0.4 is 5.73 Å². The molecule has 34 valence electrons. The highest BCUT2D eigenvalue weighted by molar-refractivity contribution is 4.67. The molecule has 0 heterocycles. The van der Waals surface area contributed by atoms with Gasteiger partial charge in [-0.3, -0.25) is 0 Å². The van der Waals surface area contributed by atoms with E-state index >= 15 is 0 Å². The largest absolute Gasteiger partial charge is 0.445 e. The zero-order valence-corrected chi connectivity index (χ0v) is 3.48. The zero-order valence-electron chi connectivity index (χ0n) is 3.48. The summed E-state index contributed by atoms with van der Waals surface area (Å²) in [5.74, 6) is 0. The SMILES string of the molecule is C#COCCN. The Bertz CT molecular complexity index is 55.1. The molecule has 0 rings (SSSR count). The van der Waals surface area contributed by atoms with E-state index in [1.54, 1.807) is 0 Å². The van der Waals surface area contributed by atoms with Crippen LogP contribution in [0.1, 0.15) is 0 Å². The van der Waals surface area contributed by atoms with E-state index in [9.17, 15) is 0 Å². The lowest BCUT2D eigenvalue weighted by atomic mass is 10.7. The Morgan fingerprint density at radius 2 is 2.50 bits per heavy atom. The molecule has 0 aliphatic rings. The molecule has 0 aliphatic carbocycles. The summed E-state index contributed by atoms with van der Waals surface area (Å²) in [6.07, 6.45) is 6.68. The van der Waals surface area contributed by atoms with Gasteiger partial charge in [0.2, 0.25) is 0 Å². The summed E-state index contributed by atoms with van der Waals surface area (Å²) in [7, 11) is 0. The third-order valence-electron chi connectivity index (χ3n) is 0.303. The molecule has 0 radical (unpaired) electrons. The van der Waals surface area contributed by atoms with E-state index in [2.05, 4.69) is 11.2 Å². The smallest absolute Gasteiger partial charge is 0.112 e. The van der Waals surface area contributed by atoms with Crippen LogP contribution in [0.25, 0.3) is 0 Å². The van der Waals surface area contributed by atoms with E-state index in [0.717, 1.165) is 0 Å². The molecule has 2 heteroatoms. The first-order valence-corrected chi connectivity index (χ1v) is 1.69. The maximum Gasteiger partial charge on any atom is 0.112 e. The number of terminal acetylenes is 1.